The van der Waals surface area contributed by atoms with Gasteiger partial charge in [0, 0.05) is 24.8 Å². The first-order valence-electron chi connectivity index (χ1n) is 6.27. The van der Waals surface area contributed by atoms with Crippen LogP contribution in [0.3, 0.4) is 0 Å². The van der Waals surface area contributed by atoms with E-state index in [9.17, 15) is 0 Å². The van der Waals surface area contributed by atoms with Gasteiger partial charge in [-0.25, -0.2) is 4.98 Å². The third-order valence-electron chi connectivity index (χ3n) is 2.60. The molecule has 0 aliphatic rings. The minimum absolute atomic E-state index is 0.165. The molecule has 1 heterocycles. The quantitative estimate of drug-likeness (QED) is 0.751. The number of aryl methyl sites for hydroxylation is 1. The van der Waals surface area contributed by atoms with Crippen LogP contribution in [0.5, 0.6) is 0 Å². The van der Waals surface area contributed by atoms with Crippen LogP contribution in [0.15, 0.2) is 12.5 Å². The van der Waals surface area contributed by atoms with Gasteiger partial charge in [-0.2, -0.15) is 0 Å². The van der Waals surface area contributed by atoms with Crippen molar-refractivity contribution in [3.8, 4) is 0 Å². The second kappa shape index (κ2) is 6.04. The van der Waals surface area contributed by atoms with E-state index in [1.807, 2.05) is 12.5 Å². The molecule has 3 heteroatoms. The molecular weight excluding hydrogens is 198 g/mol. The maximum Gasteiger partial charge on any atom is 0.0948 e. The molecule has 0 radical (unpaired) electrons. The Kier molecular flexibility index (Phi) is 5.00. The number of unbranched alkanes of at least 4 members (excludes halogenated alkanes) is 2. The van der Waals surface area contributed by atoms with E-state index < -0.39 is 0 Å². The Hall–Kier alpha value is -0.830. The first kappa shape index (κ1) is 13.2. The van der Waals surface area contributed by atoms with Crippen molar-refractivity contribution in [2.24, 2.45) is 0 Å². The van der Waals surface area contributed by atoms with Gasteiger partial charge in [-0.15, -0.1) is 0 Å². The Morgan fingerprint density at radius 3 is 2.69 bits per heavy atom. The lowest BCUT2D eigenvalue weighted by molar-refractivity contribution is 0.414. The van der Waals surface area contributed by atoms with Gasteiger partial charge in [0.25, 0.3) is 0 Å². The number of nitrogens with zero attached hydrogens (tertiary/aromatic N) is 2. The number of hydrogen-bond donors (Lipinski definition) is 1. The molecule has 0 bridgehead atoms. The fraction of sp³-hybridized carbons (Fsp3) is 0.769. The van der Waals surface area contributed by atoms with Gasteiger partial charge in [0.1, 0.15) is 0 Å². The van der Waals surface area contributed by atoms with Gasteiger partial charge >= 0.3 is 0 Å². The van der Waals surface area contributed by atoms with Gasteiger partial charge in [0.05, 0.1) is 12.0 Å². The summed E-state index contributed by atoms with van der Waals surface area (Å²) in [4.78, 5) is 4.22. The summed E-state index contributed by atoms with van der Waals surface area (Å²) in [7, 11) is 0. The van der Waals surface area contributed by atoms with Crippen LogP contribution in [-0.2, 0) is 13.1 Å². The first-order chi connectivity index (χ1) is 7.53. The summed E-state index contributed by atoms with van der Waals surface area (Å²) in [6.07, 6.45) is 7.71. The number of hydrogen-bond acceptors (Lipinski definition) is 2. The van der Waals surface area contributed by atoms with Crippen molar-refractivity contribution < 1.29 is 0 Å². The molecule has 0 amide bonds. The van der Waals surface area contributed by atoms with E-state index in [1.165, 1.54) is 25.0 Å². The van der Waals surface area contributed by atoms with Crippen molar-refractivity contribution in [2.75, 3.05) is 0 Å². The number of aromatic nitrogens is 2. The van der Waals surface area contributed by atoms with Gasteiger partial charge < -0.3 is 9.88 Å². The van der Waals surface area contributed by atoms with Crippen LogP contribution in [0.2, 0.25) is 0 Å². The lowest BCUT2D eigenvalue weighted by atomic mass is 10.1. The summed E-state index contributed by atoms with van der Waals surface area (Å²) >= 11 is 0. The molecule has 1 N–H and O–H groups in total. The summed E-state index contributed by atoms with van der Waals surface area (Å²) < 4.78 is 2.26. The van der Waals surface area contributed by atoms with E-state index in [0.717, 1.165) is 13.1 Å². The van der Waals surface area contributed by atoms with E-state index in [1.54, 1.807) is 0 Å². The molecule has 1 rings (SSSR count). The highest BCUT2D eigenvalue weighted by Gasteiger charge is 2.10. The molecule has 0 aromatic carbocycles. The highest BCUT2D eigenvalue weighted by Crippen LogP contribution is 2.06. The van der Waals surface area contributed by atoms with Crippen molar-refractivity contribution in [2.45, 2.75) is 65.6 Å². The molecule has 0 saturated carbocycles. The summed E-state index contributed by atoms with van der Waals surface area (Å²) in [5.41, 5.74) is 1.45. The monoisotopic (exact) mass is 223 g/mol. The number of nitrogens with one attached hydrogen (secondary N) is 1. The summed E-state index contributed by atoms with van der Waals surface area (Å²) in [5.74, 6) is 0. The van der Waals surface area contributed by atoms with Crippen molar-refractivity contribution in [1.82, 2.24) is 14.9 Å². The molecule has 0 unspecified atom stereocenters. The van der Waals surface area contributed by atoms with Gasteiger partial charge in [-0.05, 0) is 27.2 Å². The van der Waals surface area contributed by atoms with Crippen molar-refractivity contribution in [1.29, 1.82) is 0 Å². The zero-order valence-corrected chi connectivity index (χ0v) is 11.1. The fourth-order valence-corrected chi connectivity index (χ4v) is 1.58. The second-order valence-corrected chi connectivity index (χ2v) is 5.39. The zero-order valence-electron chi connectivity index (χ0n) is 11.1. The Balaban J connectivity index is 2.44. The standard InChI is InChI=1S/C13H25N3/c1-5-6-7-8-16-11-14-9-12(16)10-15-13(2,3)4/h9,11,15H,5-8,10H2,1-4H3. The minimum Gasteiger partial charge on any atom is -0.333 e. The highest BCUT2D eigenvalue weighted by molar-refractivity contribution is 4.98. The van der Waals surface area contributed by atoms with E-state index in [-0.39, 0.29) is 5.54 Å². The predicted octanol–water partition coefficient (Wildman–Crippen LogP) is 2.96. The Morgan fingerprint density at radius 1 is 1.31 bits per heavy atom. The molecule has 0 fully saturated rings. The fourth-order valence-electron chi connectivity index (χ4n) is 1.58. The SMILES string of the molecule is CCCCCn1cncc1CNC(C)(C)C. The van der Waals surface area contributed by atoms with Gasteiger partial charge in [-0.3, -0.25) is 0 Å². The van der Waals surface area contributed by atoms with Crippen LogP contribution in [0.1, 0.15) is 52.7 Å². The maximum absolute atomic E-state index is 4.22. The van der Waals surface area contributed by atoms with Crippen molar-refractivity contribution in [3.05, 3.63) is 18.2 Å². The van der Waals surface area contributed by atoms with E-state index >= 15 is 0 Å². The summed E-state index contributed by atoms with van der Waals surface area (Å²) in [6.45, 7) is 10.8. The third kappa shape index (κ3) is 4.79. The average molecular weight is 223 g/mol. The Labute approximate surface area is 99.3 Å². The van der Waals surface area contributed by atoms with Crippen LogP contribution in [-0.4, -0.2) is 15.1 Å². The van der Waals surface area contributed by atoms with E-state index in [4.69, 9.17) is 0 Å². The third-order valence-corrected chi connectivity index (χ3v) is 2.60. The predicted molar refractivity (Wildman–Crippen MR) is 68.3 cm³/mol. The minimum atomic E-state index is 0.165. The van der Waals surface area contributed by atoms with Crippen LogP contribution >= 0.6 is 0 Å². The zero-order chi connectivity index (χ0) is 12.0. The van der Waals surface area contributed by atoms with Gasteiger partial charge in [0.15, 0.2) is 0 Å². The van der Waals surface area contributed by atoms with Crippen LogP contribution in [0.25, 0.3) is 0 Å². The lowest BCUT2D eigenvalue weighted by Gasteiger charge is -2.20. The topological polar surface area (TPSA) is 29.9 Å². The lowest BCUT2D eigenvalue weighted by Crippen LogP contribution is -2.35. The highest BCUT2D eigenvalue weighted by atomic mass is 15.1. The summed E-state index contributed by atoms with van der Waals surface area (Å²) in [6, 6.07) is 0. The molecule has 0 spiro atoms. The average Bonchev–Trinajstić information content (AvgIpc) is 2.62. The molecule has 92 valence electrons. The first-order valence-corrected chi connectivity index (χ1v) is 6.27. The molecule has 0 saturated heterocycles. The van der Waals surface area contributed by atoms with Crippen molar-refractivity contribution >= 4 is 0 Å². The van der Waals surface area contributed by atoms with Crippen LogP contribution in [0, 0.1) is 0 Å². The molecule has 0 atom stereocenters. The molecule has 16 heavy (non-hydrogen) atoms. The maximum atomic E-state index is 4.22. The smallest absolute Gasteiger partial charge is 0.0948 e. The molecule has 1 aromatic heterocycles. The van der Waals surface area contributed by atoms with Crippen LogP contribution in [0.4, 0.5) is 0 Å². The Bertz CT molecular complexity index is 296. The van der Waals surface area contributed by atoms with E-state index in [2.05, 4.69) is 42.6 Å². The van der Waals surface area contributed by atoms with Crippen molar-refractivity contribution in [3.63, 3.8) is 0 Å². The van der Waals surface area contributed by atoms with Gasteiger partial charge in [0.2, 0.25) is 0 Å². The van der Waals surface area contributed by atoms with E-state index in [0.29, 0.717) is 0 Å². The van der Waals surface area contributed by atoms with Crippen LogP contribution < -0.4 is 5.32 Å². The van der Waals surface area contributed by atoms with Gasteiger partial charge in [-0.1, -0.05) is 19.8 Å². The molecule has 1 aromatic rings. The second-order valence-electron chi connectivity index (χ2n) is 5.39. The molecule has 0 aliphatic carbocycles. The summed E-state index contributed by atoms with van der Waals surface area (Å²) in [5, 5.41) is 3.49. The Morgan fingerprint density at radius 2 is 2.06 bits per heavy atom. The number of rotatable bonds is 6. The molecular formula is C13H25N3. The number of imidazole rings is 1. The largest absolute Gasteiger partial charge is 0.333 e. The molecule has 0 aliphatic heterocycles. The molecule has 3 nitrogen and oxygen atoms in total. The normalized spacial score (nSPS) is 12.0.